The average Bonchev–Trinajstić information content (AvgIpc) is 3.02. The van der Waals surface area contributed by atoms with Crippen molar-refractivity contribution in [3.63, 3.8) is 0 Å². The van der Waals surface area contributed by atoms with Gasteiger partial charge in [0.25, 0.3) is 0 Å². The Kier molecular flexibility index (Phi) is 4.76. The summed E-state index contributed by atoms with van der Waals surface area (Å²) in [5.41, 5.74) is 0.301. The van der Waals surface area contributed by atoms with Crippen molar-refractivity contribution in [1.82, 2.24) is 19.9 Å². The monoisotopic (exact) mass is 314 g/mol. The smallest absolute Gasteiger partial charge is 0.244 e. The van der Waals surface area contributed by atoms with Crippen LogP contribution in [0.2, 0.25) is 0 Å². The molecule has 0 aliphatic carbocycles. The molecule has 0 radical (unpaired) electrons. The average molecular weight is 314 g/mol. The second kappa shape index (κ2) is 6.37. The number of aryl methyl sites for hydroxylation is 3. The minimum absolute atomic E-state index is 0.0298. The van der Waals surface area contributed by atoms with Gasteiger partial charge in [0, 0.05) is 18.5 Å². The Labute approximate surface area is 122 Å². The SMILES string of the molecule is Cc1oc(C)c(S(=O)(=O)NCCCc2ncn[nH]2)c1CO. The molecule has 0 amide bonds. The van der Waals surface area contributed by atoms with Crippen molar-refractivity contribution in [3.05, 3.63) is 29.2 Å². The van der Waals surface area contributed by atoms with Crippen LogP contribution in [0.5, 0.6) is 0 Å². The summed E-state index contributed by atoms with van der Waals surface area (Å²) in [5.74, 6) is 1.40. The van der Waals surface area contributed by atoms with E-state index < -0.39 is 10.0 Å². The molecule has 8 nitrogen and oxygen atoms in total. The Balaban J connectivity index is 2.02. The number of H-pyrrole nitrogens is 1. The lowest BCUT2D eigenvalue weighted by molar-refractivity contribution is 0.276. The highest BCUT2D eigenvalue weighted by Crippen LogP contribution is 2.26. The minimum Gasteiger partial charge on any atom is -0.465 e. The minimum atomic E-state index is -3.70. The quantitative estimate of drug-likeness (QED) is 0.637. The van der Waals surface area contributed by atoms with E-state index in [1.807, 2.05) is 0 Å². The predicted octanol–water partition coefficient (Wildman–Crippen LogP) is 0.418. The van der Waals surface area contributed by atoms with Crippen molar-refractivity contribution >= 4 is 10.0 Å². The van der Waals surface area contributed by atoms with Crippen LogP contribution >= 0.6 is 0 Å². The van der Waals surface area contributed by atoms with Gasteiger partial charge in [-0.05, 0) is 20.3 Å². The van der Waals surface area contributed by atoms with Crippen molar-refractivity contribution in [3.8, 4) is 0 Å². The first-order valence-electron chi connectivity index (χ1n) is 6.49. The van der Waals surface area contributed by atoms with Gasteiger partial charge in [-0.25, -0.2) is 18.1 Å². The van der Waals surface area contributed by atoms with Crippen LogP contribution < -0.4 is 4.72 Å². The van der Waals surface area contributed by atoms with Gasteiger partial charge >= 0.3 is 0 Å². The molecule has 9 heteroatoms. The lowest BCUT2D eigenvalue weighted by atomic mass is 10.2. The zero-order valence-electron chi connectivity index (χ0n) is 11.9. The molecule has 0 fully saturated rings. The van der Waals surface area contributed by atoms with Crippen molar-refractivity contribution in [2.45, 2.75) is 38.2 Å². The van der Waals surface area contributed by atoms with E-state index >= 15 is 0 Å². The summed E-state index contributed by atoms with van der Waals surface area (Å²) in [6.45, 7) is 3.08. The number of aliphatic hydroxyl groups excluding tert-OH is 1. The molecule has 0 aliphatic rings. The highest BCUT2D eigenvalue weighted by Gasteiger charge is 2.25. The van der Waals surface area contributed by atoms with Gasteiger partial charge < -0.3 is 9.52 Å². The summed E-state index contributed by atoms with van der Waals surface area (Å²) < 4.78 is 32.4. The third-order valence-electron chi connectivity index (χ3n) is 3.10. The van der Waals surface area contributed by atoms with E-state index in [2.05, 4.69) is 19.9 Å². The van der Waals surface area contributed by atoms with E-state index in [0.29, 0.717) is 30.0 Å². The summed E-state index contributed by atoms with van der Waals surface area (Å²) in [4.78, 5) is 3.99. The van der Waals surface area contributed by atoms with Crippen molar-refractivity contribution < 1.29 is 17.9 Å². The number of hydrogen-bond acceptors (Lipinski definition) is 6. The first-order valence-corrected chi connectivity index (χ1v) is 7.97. The first-order chi connectivity index (χ1) is 9.95. The van der Waals surface area contributed by atoms with Gasteiger partial charge in [0.2, 0.25) is 10.0 Å². The van der Waals surface area contributed by atoms with E-state index in [9.17, 15) is 13.5 Å². The second-order valence-electron chi connectivity index (χ2n) is 4.61. The van der Waals surface area contributed by atoms with Crippen LogP contribution in [0.25, 0.3) is 0 Å². The molecular formula is C12H18N4O4S. The summed E-state index contributed by atoms with van der Waals surface area (Å²) >= 11 is 0. The van der Waals surface area contributed by atoms with Crippen molar-refractivity contribution in [2.75, 3.05) is 6.54 Å². The van der Waals surface area contributed by atoms with Crippen molar-refractivity contribution in [2.24, 2.45) is 0 Å². The standard InChI is InChI=1S/C12H18N4O4S/c1-8-10(6-17)12(9(2)20-8)21(18,19)15-5-3-4-11-13-7-14-16-11/h7,15,17H,3-6H2,1-2H3,(H,13,14,16). The van der Waals surface area contributed by atoms with Gasteiger partial charge in [-0.3, -0.25) is 5.10 Å². The largest absolute Gasteiger partial charge is 0.465 e. The number of nitrogens with zero attached hydrogens (tertiary/aromatic N) is 2. The molecule has 0 saturated heterocycles. The van der Waals surface area contributed by atoms with Gasteiger partial charge in [-0.1, -0.05) is 0 Å². The summed E-state index contributed by atoms with van der Waals surface area (Å²) in [6, 6.07) is 0. The maximum absolute atomic E-state index is 12.3. The summed E-state index contributed by atoms with van der Waals surface area (Å²) in [6.07, 6.45) is 2.59. The van der Waals surface area contributed by atoms with Crippen LogP contribution in [0.1, 0.15) is 29.3 Å². The fourth-order valence-corrected chi connectivity index (χ4v) is 3.64. The number of aromatic nitrogens is 3. The Bertz CT molecular complexity index is 691. The molecule has 3 N–H and O–H groups in total. The molecule has 0 aromatic carbocycles. The molecule has 2 rings (SSSR count). The Morgan fingerprint density at radius 2 is 2.14 bits per heavy atom. The Morgan fingerprint density at radius 3 is 2.76 bits per heavy atom. The number of aliphatic hydroxyl groups is 1. The van der Waals surface area contributed by atoms with Gasteiger partial charge in [-0.15, -0.1) is 0 Å². The third-order valence-corrected chi connectivity index (χ3v) is 4.75. The van der Waals surface area contributed by atoms with Crippen LogP contribution in [-0.4, -0.2) is 35.3 Å². The highest BCUT2D eigenvalue weighted by molar-refractivity contribution is 7.89. The predicted molar refractivity (Wildman–Crippen MR) is 74.0 cm³/mol. The zero-order chi connectivity index (χ0) is 15.5. The summed E-state index contributed by atoms with van der Waals surface area (Å²) in [5, 5.41) is 15.7. The van der Waals surface area contributed by atoms with Crippen LogP contribution in [0.3, 0.4) is 0 Å². The van der Waals surface area contributed by atoms with Gasteiger partial charge in [0.05, 0.1) is 6.61 Å². The Morgan fingerprint density at radius 1 is 1.38 bits per heavy atom. The first kappa shape index (κ1) is 15.7. The number of furan rings is 1. The lowest BCUT2D eigenvalue weighted by Crippen LogP contribution is -2.26. The van der Waals surface area contributed by atoms with Crippen LogP contribution in [-0.2, 0) is 23.1 Å². The molecular weight excluding hydrogens is 296 g/mol. The third kappa shape index (κ3) is 3.49. The normalized spacial score (nSPS) is 12.0. The zero-order valence-corrected chi connectivity index (χ0v) is 12.7. The maximum Gasteiger partial charge on any atom is 0.244 e. The van der Waals surface area contributed by atoms with E-state index in [1.165, 1.54) is 6.33 Å². The van der Waals surface area contributed by atoms with Crippen LogP contribution in [0, 0.1) is 13.8 Å². The molecule has 21 heavy (non-hydrogen) atoms. The number of nitrogens with one attached hydrogen (secondary N) is 2. The molecule has 0 aliphatic heterocycles. The fourth-order valence-electron chi connectivity index (χ4n) is 2.13. The van der Waals surface area contributed by atoms with E-state index in [1.54, 1.807) is 13.8 Å². The molecule has 2 aromatic heterocycles. The molecule has 116 valence electrons. The molecule has 0 unspecified atom stereocenters. The van der Waals surface area contributed by atoms with Crippen LogP contribution in [0.4, 0.5) is 0 Å². The highest BCUT2D eigenvalue weighted by atomic mass is 32.2. The van der Waals surface area contributed by atoms with Crippen LogP contribution in [0.15, 0.2) is 15.6 Å². The molecule has 2 heterocycles. The fraction of sp³-hybridized carbons (Fsp3) is 0.500. The number of aromatic amines is 1. The van der Waals surface area contributed by atoms with E-state index in [4.69, 9.17) is 4.42 Å². The van der Waals surface area contributed by atoms with Gasteiger partial charge in [-0.2, -0.15) is 5.10 Å². The summed E-state index contributed by atoms with van der Waals surface area (Å²) in [7, 11) is -3.70. The Hall–Kier alpha value is -1.71. The lowest BCUT2D eigenvalue weighted by Gasteiger charge is -2.07. The molecule has 0 atom stereocenters. The number of sulfonamides is 1. The maximum atomic E-state index is 12.3. The topological polar surface area (TPSA) is 121 Å². The molecule has 0 bridgehead atoms. The molecule has 0 spiro atoms. The van der Waals surface area contributed by atoms with Gasteiger partial charge in [0.1, 0.15) is 28.6 Å². The second-order valence-corrected chi connectivity index (χ2v) is 6.32. The van der Waals surface area contributed by atoms with Gasteiger partial charge in [0.15, 0.2) is 0 Å². The van der Waals surface area contributed by atoms with Crippen molar-refractivity contribution in [1.29, 1.82) is 0 Å². The van der Waals surface area contributed by atoms with E-state index in [0.717, 1.165) is 0 Å². The van der Waals surface area contributed by atoms with E-state index in [-0.39, 0.29) is 23.8 Å². The molecule has 0 saturated carbocycles. The number of hydrogen-bond donors (Lipinski definition) is 3. The number of rotatable bonds is 7. The molecule has 2 aromatic rings.